The number of thiophene rings is 1. The van der Waals surface area contributed by atoms with Crippen LogP contribution in [0.15, 0.2) is 12.1 Å². The van der Waals surface area contributed by atoms with Crippen LogP contribution in [-0.4, -0.2) is 23.4 Å². The molecule has 2 atom stereocenters. The van der Waals surface area contributed by atoms with Gasteiger partial charge in [0.2, 0.25) is 5.91 Å². The lowest BCUT2D eigenvalue weighted by Gasteiger charge is -2.32. The molecule has 0 bridgehead atoms. The Morgan fingerprint density at radius 3 is 2.79 bits per heavy atom. The van der Waals surface area contributed by atoms with E-state index in [1.165, 1.54) is 11.3 Å². The second-order valence-corrected chi connectivity index (χ2v) is 6.91. The van der Waals surface area contributed by atoms with E-state index in [0.29, 0.717) is 6.54 Å². The molecule has 0 radical (unpaired) electrons. The molecule has 0 aromatic carbocycles. The molecule has 1 amide bonds. The standard InChI is InChI=1S/C14H21ClN2OS/c1-2-17(9-10-7-8-13(15)19-10)14(18)11-5-3-4-6-12(11)16/h7-8,11-12H,2-6,9,16H2,1H3. The van der Waals surface area contributed by atoms with Crippen molar-refractivity contribution in [2.24, 2.45) is 11.7 Å². The molecule has 5 heteroatoms. The molecule has 1 heterocycles. The van der Waals surface area contributed by atoms with Gasteiger partial charge >= 0.3 is 0 Å². The molecule has 1 aliphatic carbocycles. The SMILES string of the molecule is CCN(Cc1ccc(Cl)s1)C(=O)C1CCCCC1N. The van der Waals surface area contributed by atoms with Gasteiger partial charge in [0.15, 0.2) is 0 Å². The summed E-state index contributed by atoms with van der Waals surface area (Å²) in [6.07, 6.45) is 4.17. The molecule has 1 fully saturated rings. The number of carbonyl (C=O) groups excluding carboxylic acids is 1. The molecule has 3 nitrogen and oxygen atoms in total. The highest BCUT2D eigenvalue weighted by Gasteiger charge is 2.31. The normalized spacial score (nSPS) is 23.3. The molecule has 0 spiro atoms. The molecular formula is C14H21ClN2OS. The van der Waals surface area contributed by atoms with Crippen molar-refractivity contribution in [2.45, 2.75) is 45.2 Å². The maximum absolute atomic E-state index is 12.6. The van der Waals surface area contributed by atoms with Crippen molar-refractivity contribution in [3.8, 4) is 0 Å². The third kappa shape index (κ3) is 3.71. The van der Waals surface area contributed by atoms with Gasteiger partial charge in [-0.25, -0.2) is 0 Å². The third-order valence-corrected chi connectivity index (χ3v) is 5.02. The zero-order valence-electron chi connectivity index (χ0n) is 11.3. The Morgan fingerprint density at radius 2 is 2.21 bits per heavy atom. The van der Waals surface area contributed by atoms with E-state index in [1.807, 2.05) is 24.0 Å². The summed E-state index contributed by atoms with van der Waals surface area (Å²) in [5, 5.41) is 0. The minimum Gasteiger partial charge on any atom is -0.338 e. The number of halogens is 1. The summed E-state index contributed by atoms with van der Waals surface area (Å²) < 4.78 is 0.771. The Kier molecular flexibility index (Phi) is 5.25. The Labute approximate surface area is 123 Å². The van der Waals surface area contributed by atoms with Gasteiger partial charge in [0.1, 0.15) is 0 Å². The monoisotopic (exact) mass is 300 g/mol. The highest BCUT2D eigenvalue weighted by Crippen LogP contribution is 2.27. The van der Waals surface area contributed by atoms with Crippen LogP contribution in [0.25, 0.3) is 0 Å². The van der Waals surface area contributed by atoms with Crippen molar-refractivity contribution < 1.29 is 4.79 Å². The Morgan fingerprint density at radius 1 is 1.47 bits per heavy atom. The van der Waals surface area contributed by atoms with E-state index in [-0.39, 0.29) is 17.9 Å². The van der Waals surface area contributed by atoms with Crippen molar-refractivity contribution in [3.05, 3.63) is 21.3 Å². The summed E-state index contributed by atoms with van der Waals surface area (Å²) in [7, 11) is 0. The first-order valence-corrected chi connectivity index (χ1v) is 8.10. The fourth-order valence-corrected chi connectivity index (χ4v) is 3.77. The van der Waals surface area contributed by atoms with Crippen molar-refractivity contribution >= 4 is 28.8 Å². The summed E-state index contributed by atoms with van der Waals surface area (Å²) in [5.74, 6) is 0.211. The minimum atomic E-state index is 0.00383. The molecule has 1 aromatic rings. The summed E-state index contributed by atoms with van der Waals surface area (Å²) in [5.41, 5.74) is 6.10. The van der Waals surface area contributed by atoms with E-state index in [1.54, 1.807) is 0 Å². The highest BCUT2D eigenvalue weighted by atomic mass is 35.5. The van der Waals surface area contributed by atoms with Crippen molar-refractivity contribution in [1.82, 2.24) is 4.90 Å². The first kappa shape index (κ1) is 14.8. The summed E-state index contributed by atoms with van der Waals surface area (Å²) >= 11 is 7.47. The van der Waals surface area contributed by atoms with Crippen LogP contribution in [0.1, 0.15) is 37.5 Å². The van der Waals surface area contributed by atoms with E-state index >= 15 is 0 Å². The molecule has 1 aliphatic rings. The highest BCUT2D eigenvalue weighted by molar-refractivity contribution is 7.16. The average molecular weight is 301 g/mol. The number of nitrogens with zero attached hydrogens (tertiary/aromatic N) is 1. The van der Waals surface area contributed by atoms with Crippen LogP contribution in [-0.2, 0) is 11.3 Å². The fraction of sp³-hybridized carbons (Fsp3) is 0.643. The first-order valence-electron chi connectivity index (χ1n) is 6.90. The maximum Gasteiger partial charge on any atom is 0.227 e. The van der Waals surface area contributed by atoms with Crippen LogP contribution in [0.4, 0.5) is 0 Å². The van der Waals surface area contributed by atoms with Crippen molar-refractivity contribution in [3.63, 3.8) is 0 Å². The summed E-state index contributed by atoms with van der Waals surface area (Å²) in [4.78, 5) is 15.6. The number of rotatable bonds is 4. The van der Waals surface area contributed by atoms with Crippen LogP contribution in [0, 0.1) is 5.92 Å². The van der Waals surface area contributed by atoms with Gasteiger partial charge in [-0.3, -0.25) is 4.79 Å². The minimum absolute atomic E-state index is 0.00383. The van der Waals surface area contributed by atoms with E-state index in [0.717, 1.165) is 41.4 Å². The first-order chi connectivity index (χ1) is 9.11. The smallest absolute Gasteiger partial charge is 0.227 e. The van der Waals surface area contributed by atoms with Gasteiger partial charge < -0.3 is 10.6 Å². The topological polar surface area (TPSA) is 46.3 Å². The third-order valence-electron chi connectivity index (χ3n) is 3.81. The van der Waals surface area contributed by atoms with Gasteiger partial charge in [0, 0.05) is 17.5 Å². The largest absolute Gasteiger partial charge is 0.338 e. The molecule has 2 rings (SSSR count). The molecule has 106 valence electrons. The maximum atomic E-state index is 12.6. The fourth-order valence-electron chi connectivity index (χ4n) is 2.67. The molecule has 2 unspecified atom stereocenters. The zero-order chi connectivity index (χ0) is 13.8. The number of nitrogens with two attached hydrogens (primary N) is 1. The van der Waals surface area contributed by atoms with E-state index in [9.17, 15) is 4.79 Å². The number of hydrogen-bond donors (Lipinski definition) is 1. The van der Waals surface area contributed by atoms with Gasteiger partial charge in [-0.2, -0.15) is 0 Å². The van der Waals surface area contributed by atoms with Gasteiger partial charge in [0.25, 0.3) is 0 Å². The molecule has 1 saturated carbocycles. The van der Waals surface area contributed by atoms with Gasteiger partial charge in [-0.15, -0.1) is 11.3 Å². The molecule has 2 N–H and O–H groups in total. The quantitative estimate of drug-likeness (QED) is 0.927. The van der Waals surface area contributed by atoms with Gasteiger partial charge in [-0.05, 0) is 31.9 Å². The molecule has 0 saturated heterocycles. The molecular weight excluding hydrogens is 280 g/mol. The lowest BCUT2D eigenvalue weighted by molar-refractivity contribution is -0.137. The Hall–Kier alpha value is -0.580. The summed E-state index contributed by atoms with van der Waals surface area (Å²) in [6, 6.07) is 3.90. The van der Waals surface area contributed by atoms with Crippen LogP contribution >= 0.6 is 22.9 Å². The molecule has 1 aromatic heterocycles. The average Bonchev–Trinajstić information content (AvgIpc) is 2.81. The molecule has 19 heavy (non-hydrogen) atoms. The lowest BCUT2D eigenvalue weighted by Crippen LogP contribution is -2.45. The predicted molar refractivity (Wildman–Crippen MR) is 80.4 cm³/mol. The van der Waals surface area contributed by atoms with Crippen LogP contribution < -0.4 is 5.73 Å². The van der Waals surface area contributed by atoms with Crippen molar-refractivity contribution in [1.29, 1.82) is 0 Å². The number of carbonyl (C=O) groups is 1. The van der Waals surface area contributed by atoms with Gasteiger partial charge in [0.05, 0.1) is 16.8 Å². The van der Waals surface area contributed by atoms with Crippen molar-refractivity contribution in [2.75, 3.05) is 6.54 Å². The zero-order valence-corrected chi connectivity index (χ0v) is 12.8. The van der Waals surface area contributed by atoms with E-state index in [2.05, 4.69) is 0 Å². The van der Waals surface area contributed by atoms with E-state index < -0.39 is 0 Å². The number of hydrogen-bond acceptors (Lipinski definition) is 3. The summed E-state index contributed by atoms with van der Waals surface area (Å²) in [6.45, 7) is 3.38. The van der Waals surface area contributed by atoms with E-state index in [4.69, 9.17) is 17.3 Å². The second-order valence-electron chi connectivity index (χ2n) is 5.11. The molecule has 0 aliphatic heterocycles. The predicted octanol–water partition coefficient (Wildman–Crippen LogP) is 3.27. The second kappa shape index (κ2) is 6.73. The van der Waals surface area contributed by atoms with Crippen LogP contribution in [0.3, 0.4) is 0 Å². The van der Waals surface area contributed by atoms with Gasteiger partial charge in [-0.1, -0.05) is 24.4 Å². The van der Waals surface area contributed by atoms with Crippen LogP contribution in [0.5, 0.6) is 0 Å². The number of amides is 1. The Bertz CT molecular complexity index is 435. The lowest BCUT2D eigenvalue weighted by atomic mass is 9.84. The Balaban J connectivity index is 2.01. The van der Waals surface area contributed by atoms with Crippen LogP contribution in [0.2, 0.25) is 4.34 Å².